The number of carbonyl (C=O) groups is 2. The van der Waals surface area contributed by atoms with E-state index in [0.29, 0.717) is 23.7 Å². The van der Waals surface area contributed by atoms with Gasteiger partial charge < -0.3 is 19.3 Å². The fraction of sp³-hybridized carbons (Fsp3) is 0.400. The first-order valence-corrected chi connectivity index (χ1v) is 9.66. The van der Waals surface area contributed by atoms with Gasteiger partial charge in [-0.2, -0.15) is 0 Å². The Morgan fingerprint density at radius 3 is 2.70 bits per heavy atom. The molecule has 0 spiro atoms. The van der Waals surface area contributed by atoms with E-state index in [-0.39, 0.29) is 30.2 Å². The highest BCUT2D eigenvalue weighted by molar-refractivity contribution is 7.10. The Morgan fingerprint density at radius 1 is 1.30 bits per heavy atom. The Labute approximate surface area is 163 Å². The standard InChI is InChI=1S/C20H24N2O4S/c1-13(18-6-5-9-27-18)21(2)20(24)14-10-19(23)22(12-14)16-11-15(25-3)7-8-17(16)26-4/h5-9,11,13-14H,10,12H2,1-4H3. The van der Waals surface area contributed by atoms with Crippen LogP contribution in [-0.4, -0.2) is 44.5 Å². The Hall–Kier alpha value is -2.54. The molecular formula is C20H24N2O4S. The van der Waals surface area contributed by atoms with Crippen molar-refractivity contribution in [3.05, 3.63) is 40.6 Å². The van der Waals surface area contributed by atoms with Crippen molar-refractivity contribution in [2.45, 2.75) is 19.4 Å². The maximum Gasteiger partial charge on any atom is 0.228 e. The number of nitrogens with zero attached hydrogens (tertiary/aromatic N) is 2. The van der Waals surface area contributed by atoms with Crippen LogP contribution in [0.15, 0.2) is 35.7 Å². The number of hydrogen-bond acceptors (Lipinski definition) is 5. The zero-order chi connectivity index (χ0) is 19.6. The van der Waals surface area contributed by atoms with Crippen molar-refractivity contribution < 1.29 is 19.1 Å². The highest BCUT2D eigenvalue weighted by Crippen LogP contribution is 2.37. The first-order chi connectivity index (χ1) is 13.0. The predicted molar refractivity (Wildman–Crippen MR) is 106 cm³/mol. The van der Waals surface area contributed by atoms with E-state index in [2.05, 4.69) is 0 Å². The second kappa shape index (κ2) is 8.00. The van der Waals surface area contributed by atoms with Crippen LogP contribution >= 0.6 is 11.3 Å². The van der Waals surface area contributed by atoms with Crippen LogP contribution in [0.4, 0.5) is 5.69 Å². The molecule has 1 aliphatic rings. The molecule has 2 unspecified atom stereocenters. The summed E-state index contributed by atoms with van der Waals surface area (Å²) in [5.41, 5.74) is 0.631. The van der Waals surface area contributed by atoms with E-state index in [0.717, 1.165) is 4.88 Å². The molecule has 6 nitrogen and oxygen atoms in total. The van der Waals surface area contributed by atoms with E-state index < -0.39 is 0 Å². The minimum Gasteiger partial charge on any atom is -0.497 e. The van der Waals surface area contributed by atoms with E-state index in [1.165, 1.54) is 0 Å². The molecule has 0 radical (unpaired) electrons. The number of benzene rings is 1. The lowest BCUT2D eigenvalue weighted by molar-refractivity contribution is -0.136. The number of ether oxygens (including phenoxy) is 2. The SMILES string of the molecule is COc1ccc(OC)c(N2CC(C(=O)N(C)C(C)c3cccs3)CC2=O)c1. The summed E-state index contributed by atoms with van der Waals surface area (Å²) >= 11 is 1.62. The van der Waals surface area contributed by atoms with Crippen LogP contribution < -0.4 is 14.4 Å². The summed E-state index contributed by atoms with van der Waals surface area (Å²) in [6, 6.07) is 9.29. The Kier molecular flexibility index (Phi) is 5.70. The van der Waals surface area contributed by atoms with Gasteiger partial charge in [-0.25, -0.2) is 0 Å². The summed E-state index contributed by atoms with van der Waals surface area (Å²) in [4.78, 5) is 30.1. The molecule has 0 bridgehead atoms. The highest BCUT2D eigenvalue weighted by atomic mass is 32.1. The van der Waals surface area contributed by atoms with E-state index in [4.69, 9.17) is 9.47 Å². The average molecular weight is 388 g/mol. The molecule has 1 saturated heterocycles. The van der Waals surface area contributed by atoms with Gasteiger partial charge in [-0.15, -0.1) is 11.3 Å². The first-order valence-electron chi connectivity index (χ1n) is 8.78. The van der Waals surface area contributed by atoms with Crippen LogP contribution in [0.5, 0.6) is 11.5 Å². The molecule has 1 aromatic carbocycles. The number of anilines is 1. The lowest BCUT2D eigenvalue weighted by Crippen LogP contribution is -2.36. The van der Waals surface area contributed by atoms with Gasteiger partial charge in [0.05, 0.1) is 31.9 Å². The third-order valence-electron chi connectivity index (χ3n) is 5.03. The van der Waals surface area contributed by atoms with Gasteiger partial charge in [0.2, 0.25) is 11.8 Å². The minimum atomic E-state index is -0.374. The van der Waals surface area contributed by atoms with E-state index in [1.54, 1.807) is 60.6 Å². The third kappa shape index (κ3) is 3.78. The molecule has 1 aliphatic heterocycles. The molecule has 144 valence electrons. The minimum absolute atomic E-state index is 0.0198. The molecule has 1 fully saturated rings. The van der Waals surface area contributed by atoms with Crippen LogP contribution in [0, 0.1) is 5.92 Å². The van der Waals surface area contributed by atoms with Crippen molar-refractivity contribution in [1.29, 1.82) is 0 Å². The van der Waals surface area contributed by atoms with Crippen molar-refractivity contribution in [3.63, 3.8) is 0 Å². The van der Waals surface area contributed by atoms with Crippen LogP contribution in [-0.2, 0) is 9.59 Å². The lowest BCUT2D eigenvalue weighted by Gasteiger charge is -2.27. The van der Waals surface area contributed by atoms with Crippen molar-refractivity contribution in [2.75, 3.05) is 32.7 Å². The topological polar surface area (TPSA) is 59.1 Å². The number of rotatable bonds is 6. The Morgan fingerprint density at radius 2 is 2.07 bits per heavy atom. The summed E-state index contributed by atoms with van der Waals surface area (Å²) < 4.78 is 10.7. The second-order valence-electron chi connectivity index (χ2n) is 6.58. The third-order valence-corrected chi connectivity index (χ3v) is 6.08. The normalized spacial score (nSPS) is 17.7. The van der Waals surface area contributed by atoms with Crippen LogP contribution in [0.1, 0.15) is 24.3 Å². The maximum atomic E-state index is 13.0. The van der Waals surface area contributed by atoms with E-state index in [1.807, 2.05) is 24.4 Å². The number of hydrogen-bond donors (Lipinski definition) is 0. The zero-order valence-corrected chi connectivity index (χ0v) is 16.8. The maximum absolute atomic E-state index is 13.0. The van der Waals surface area contributed by atoms with Crippen molar-refractivity contribution >= 4 is 28.8 Å². The molecule has 1 aromatic heterocycles. The highest BCUT2D eigenvalue weighted by Gasteiger charge is 2.38. The first kappa shape index (κ1) is 19.2. The van der Waals surface area contributed by atoms with Gasteiger partial charge in [-0.1, -0.05) is 6.07 Å². The van der Waals surface area contributed by atoms with Crippen molar-refractivity contribution in [2.24, 2.45) is 5.92 Å². The summed E-state index contributed by atoms with van der Waals surface area (Å²) in [7, 11) is 4.93. The van der Waals surface area contributed by atoms with Crippen molar-refractivity contribution in [1.82, 2.24) is 4.90 Å². The molecular weight excluding hydrogens is 364 g/mol. The fourth-order valence-corrected chi connectivity index (χ4v) is 4.14. The van der Waals surface area contributed by atoms with Crippen LogP contribution in [0.25, 0.3) is 0 Å². The number of methoxy groups -OCH3 is 2. The van der Waals surface area contributed by atoms with Gasteiger partial charge in [0.25, 0.3) is 0 Å². The fourth-order valence-electron chi connectivity index (χ4n) is 3.31. The summed E-state index contributed by atoms with van der Waals surface area (Å²) in [5, 5.41) is 2.00. The largest absolute Gasteiger partial charge is 0.497 e. The molecule has 0 saturated carbocycles. The molecule has 7 heteroatoms. The molecule has 3 rings (SSSR count). The van der Waals surface area contributed by atoms with Gasteiger partial charge in [0, 0.05) is 31.0 Å². The summed E-state index contributed by atoms with van der Waals surface area (Å²) in [5.74, 6) is 0.737. The predicted octanol–water partition coefficient (Wildman–Crippen LogP) is 3.34. The zero-order valence-electron chi connectivity index (χ0n) is 16.0. The molecule has 2 heterocycles. The van der Waals surface area contributed by atoms with Gasteiger partial charge >= 0.3 is 0 Å². The number of carbonyl (C=O) groups excluding carboxylic acids is 2. The van der Waals surface area contributed by atoms with Gasteiger partial charge in [-0.05, 0) is 30.5 Å². The average Bonchev–Trinajstić information content (AvgIpc) is 3.35. The monoisotopic (exact) mass is 388 g/mol. The van der Waals surface area contributed by atoms with Gasteiger partial charge in [-0.3, -0.25) is 9.59 Å². The Balaban J connectivity index is 1.78. The molecule has 2 aromatic rings. The summed E-state index contributed by atoms with van der Waals surface area (Å²) in [6.45, 7) is 2.34. The van der Waals surface area contributed by atoms with Gasteiger partial charge in [0.1, 0.15) is 11.5 Å². The molecule has 2 amide bonds. The summed E-state index contributed by atoms with van der Waals surface area (Å²) in [6.07, 6.45) is 0.195. The Bertz CT molecular complexity index is 821. The van der Waals surface area contributed by atoms with E-state index >= 15 is 0 Å². The molecule has 0 aliphatic carbocycles. The smallest absolute Gasteiger partial charge is 0.228 e. The van der Waals surface area contributed by atoms with Crippen molar-refractivity contribution in [3.8, 4) is 11.5 Å². The number of amides is 2. The number of thiophene rings is 1. The van der Waals surface area contributed by atoms with Crippen LogP contribution in [0.3, 0.4) is 0 Å². The molecule has 2 atom stereocenters. The quantitative estimate of drug-likeness (QED) is 0.762. The second-order valence-corrected chi connectivity index (χ2v) is 7.56. The van der Waals surface area contributed by atoms with Crippen LogP contribution in [0.2, 0.25) is 0 Å². The lowest BCUT2D eigenvalue weighted by atomic mass is 10.1. The van der Waals surface area contributed by atoms with Gasteiger partial charge in [0.15, 0.2) is 0 Å². The van der Waals surface area contributed by atoms with E-state index in [9.17, 15) is 9.59 Å². The molecule has 0 N–H and O–H groups in total. The molecule has 27 heavy (non-hydrogen) atoms.